The Balaban J connectivity index is 2.18. The molecule has 0 aliphatic carbocycles. The first-order chi connectivity index (χ1) is 11.9. The number of hydrogen-bond acceptors (Lipinski definition) is 4. The molecular weight excluding hydrogens is 431 g/mol. The summed E-state index contributed by atoms with van der Waals surface area (Å²) in [5.41, 5.74) is 0.873. The minimum Gasteiger partial charge on any atom is -0.383 e. The van der Waals surface area contributed by atoms with Gasteiger partial charge in [-0.25, -0.2) is 4.39 Å². The molecule has 0 saturated carbocycles. The molecule has 25 heavy (non-hydrogen) atoms. The van der Waals surface area contributed by atoms with Gasteiger partial charge in [0.05, 0.1) is 21.7 Å². The number of methoxy groups -OCH3 is 1. The van der Waals surface area contributed by atoms with Crippen LogP contribution in [0.3, 0.4) is 0 Å². The Morgan fingerprint density at radius 3 is 2.64 bits per heavy atom. The van der Waals surface area contributed by atoms with Gasteiger partial charge in [0.15, 0.2) is 0 Å². The van der Waals surface area contributed by atoms with E-state index in [2.05, 4.69) is 20.3 Å². The van der Waals surface area contributed by atoms with Gasteiger partial charge in [0.1, 0.15) is 5.82 Å². The molecule has 0 atom stereocenters. The van der Waals surface area contributed by atoms with Crippen LogP contribution in [-0.2, 0) is 21.3 Å². The van der Waals surface area contributed by atoms with Crippen LogP contribution in [0, 0.1) is 5.82 Å². The highest BCUT2D eigenvalue weighted by Gasteiger charge is 2.15. The van der Waals surface area contributed by atoms with Crippen molar-refractivity contribution in [1.82, 2.24) is 4.57 Å². The van der Waals surface area contributed by atoms with Crippen molar-refractivity contribution in [1.29, 1.82) is 0 Å². The van der Waals surface area contributed by atoms with E-state index in [1.165, 1.54) is 23.5 Å². The Morgan fingerprint density at radius 1 is 1.24 bits per heavy atom. The van der Waals surface area contributed by atoms with Crippen molar-refractivity contribution >= 4 is 47.5 Å². The second-order valence-electron chi connectivity index (χ2n) is 5.16. The zero-order valence-corrected chi connectivity index (χ0v) is 16.4. The van der Waals surface area contributed by atoms with E-state index >= 15 is 0 Å². The Bertz CT molecular complexity index is 1070. The SMILES string of the molecule is COCCn1/c(=N/S(=O)(=O)c2ccc(F)cc2)sc2cc(Br)ccc21. The molecule has 0 amide bonds. The van der Waals surface area contributed by atoms with Gasteiger partial charge in [-0.3, -0.25) is 0 Å². The van der Waals surface area contributed by atoms with E-state index in [-0.39, 0.29) is 4.90 Å². The molecular formula is C16H14BrFN2O3S2. The van der Waals surface area contributed by atoms with E-state index in [9.17, 15) is 12.8 Å². The molecule has 0 aliphatic rings. The van der Waals surface area contributed by atoms with Crippen molar-refractivity contribution in [3.05, 3.63) is 57.6 Å². The maximum Gasteiger partial charge on any atom is 0.285 e. The predicted molar refractivity (Wildman–Crippen MR) is 98.5 cm³/mol. The number of rotatable bonds is 5. The molecule has 0 unspecified atom stereocenters. The second kappa shape index (κ2) is 7.36. The van der Waals surface area contributed by atoms with Crippen LogP contribution < -0.4 is 4.80 Å². The van der Waals surface area contributed by atoms with Crippen LogP contribution in [0.15, 0.2) is 56.2 Å². The Hall–Kier alpha value is -1.55. The Morgan fingerprint density at radius 2 is 1.96 bits per heavy atom. The van der Waals surface area contributed by atoms with Crippen molar-refractivity contribution in [2.45, 2.75) is 11.4 Å². The third kappa shape index (κ3) is 4.00. The number of halogens is 2. The van der Waals surface area contributed by atoms with Crippen LogP contribution in [0.2, 0.25) is 0 Å². The number of fused-ring (bicyclic) bond motifs is 1. The summed E-state index contributed by atoms with van der Waals surface area (Å²) in [6.07, 6.45) is 0. The minimum absolute atomic E-state index is 0.0502. The maximum atomic E-state index is 13.0. The van der Waals surface area contributed by atoms with Gasteiger partial charge >= 0.3 is 0 Å². The zero-order valence-electron chi connectivity index (χ0n) is 13.1. The van der Waals surface area contributed by atoms with E-state index < -0.39 is 15.8 Å². The maximum absolute atomic E-state index is 13.0. The van der Waals surface area contributed by atoms with Gasteiger partial charge in [-0.15, -0.1) is 4.40 Å². The van der Waals surface area contributed by atoms with Crippen molar-refractivity contribution in [3.63, 3.8) is 0 Å². The molecule has 0 radical (unpaired) electrons. The fourth-order valence-electron chi connectivity index (χ4n) is 2.28. The number of aromatic nitrogens is 1. The van der Waals surface area contributed by atoms with Gasteiger partial charge in [0.2, 0.25) is 4.80 Å². The lowest BCUT2D eigenvalue weighted by atomic mass is 10.3. The molecule has 1 aromatic heterocycles. The van der Waals surface area contributed by atoms with E-state index in [1.54, 1.807) is 11.7 Å². The van der Waals surface area contributed by atoms with E-state index in [0.717, 1.165) is 26.8 Å². The fourth-order valence-corrected chi connectivity index (χ4v) is 5.09. The van der Waals surface area contributed by atoms with Crippen LogP contribution in [-0.4, -0.2) is 26.7 Å². The largest absolute Gasteiger partial charge is 0.383 e. The van der Waals surface area contributed by atoms with Gasteiger partial charge in [0, 0.05) is 18.1 Å². The smallest absolute Gasteiger partial charge is 0.285 e. The van der Waals surface area contributed by atoms with Crippen LogP contribution in [0.4, 0.5) is 4.39 Å². The average Bonchev–Trinajstić information content (AvgIpc) is 2.88. The minimum atomic E-state index is -3.94. The van der Waals surface area contributed by atoms with Crippen LogP contribution >= 0.6 is 27.3 Å². The summed E-state index contributed by atoms with van der Waals surface area (Å²) in [7, 11) is -2.36. The molecule has 0 spiro atoms. The summed E-state index contributed by atoms with van der Waals surface area (Å²) >= 11 is 4.68. The number of thiazole rings is 1. The quantitative estimate of drug-likeness (QED) is 0.604. The Kier molecular flexibility index (Phi) is 5.38. The van der Waals surface area contributed by atoms with E-state index in [4.69, 9.17) is 4.74 Å². The van der Waals surface area contributed by atoms with E-state index in [0.29, 0.717) is 18.0 Å². The Labute approximate surface area is 156 Å². The van der Waals surface area contributed by atoms with Gasteiger partial charge in [-0.1, -0.05) is 27.3 Å². The molecule has 2 aromatic carbocycles. The standard InChI is InChI=1S/C16H14BrFN2O3S2/c1-23-9-8-20-14-7-2-11(17)10-15(14)24-16(20)19-25(21,22)13-5-3-12(18)4-6-13/h2-7,10H,8-9H2,1H3/b19-16-. The lowest BCUT2D eigenvalue weighted by Crippen LogP contribution is -2.19. The number of sulfonamides is 1. The van der Waals surface area contributed by atoms with Gasteiger partial charge in [0.25, 0.3) is 10.0 Å². The molecule has 0 fully saturated rings. The number of hydrogen-bond donors (Lipinski definition) is 0. The average molecular weight is 445 g/mol. The van der Waals surface area contributed by atoms with Crippen LogP contribution in [0.5, 0.6) is 0 Å². The fraction of sp³-hybridized carbons (Fsp3) is 0.188. The molecule has 3 aromatic rings. The number of ether oxygens (including phenoxy) is 1. The van der Waals surface area contributed by atoms with E-state index in [1.807, 2.05) is 18.2 Å². The first kappa shape index (κ1) is 18.2. The molecule has 0 bridgehead atoms. The van der Waals surface area contributed by atoms with Crippen LogP contribution in [0.25, 0.3) is 10.2 Å². The highest BCUT2D eigenvalue weighted by Crippen LogP contribution is 2.23. The number of nitrogens with zero attached hydrogens (tertiary/aromatic N) is 2. The molecule has 0 N–H and O–H groups in total. The zero-order chi connectivity index (χ0) is 18.0. The van der Waals surface area contributed by atoms with Gasteiger partial charge < -0.3 is 9.30 Å². The topological polar surface area (TPSA) is 60.7 Å². The van der Waals surface area contributed by atoms with Gasteiger partial charge in [-0.2, -0.15) is 8.42 Å². The van der Waals surface area contributed by atoms with Crippen LogP contribution in [0.1, 0.15) is 0 Å². The molecule has 9 heteroatoms. The molecule has 0 saturated heterocycles. The normalized spacial score (nSPS) is 12.8. The lowest BCUT2D eigenvalue weighted by Gasteiger charge is -2.04. The summed E-state index contributed by atoms with van der Waals surface area (Å²) in [5, 5.41) is 0. The number of benzene rings is 2. The summed E-state index contributed by atoms with van der Waals surface area (Å²) in [6.45, 7) is 0.890. The summed E-state index contributed by atoms with van der Waals surface area (Å²) < 4.78 is 50.8. The lowest BCUT2D eigenvalue weighted by molar-refractivity contribution is 0.187. The predicted octanol–water partition coefficient (Wildman–Crippen LogP) is 3.54. The first-order valence-electron chi connectivity index (χ1n) is 7.25. The summed E-state index contributed by atoms with van der Waals surface area (Å²) in [5.74, 6) is -0.499. The van der Waals surface area contributed by atoms with Crippen molar-refractivity contribution < 1.29 is 17.5 Å². The third-order valence-electron chi connectivity index (χ3n) is 3.47. The first-order valence-corrected chi connectivity index (χ1v) is 10.3. The van der Waals surface area contributed by atoms with Crippen molar-refractivity contribution in [2.24, 2.45) is 4.40 Å². The molecule has 0 aliphatic heterocycles. The summed E-state index contributed by atoms with van der Waals surface area (Å²) in [4.78, 5) is 0.292. The van der Waals surface area contributed by atoms with Crippen molar-refractivity contribution in [2.75, 3.05) is 13.7 Å². The third-order valence-corrected chi connectivity index (χ3v) is 6.40. The molecule has 5 nitrogen and oxygen atoms in total. The highest BCUT2D eigenvalue weighted by molar-refractivity contribution is 9.10. The molecule has 132 valence electrons. The molecule has 1 heterocycles. The van der Waals surface area contributed by atoms with Gasteiger partial charge in [-0.05, 0) is 42.5 Å². The molecule has 3 rings (SSSR count). The highest BCUT2D eigenvalue weighted by atomic mass is 79.9. The second-order valence-corrected chi connectivity index (χ2v) is 8.69. The monoisotopic (exact) mass is 444 g/mol. The summed E-state index contributed by atoms with van der Waals surface area (Å²) in [6, 6.07) is 10.3. The van der Waals surface area contributed by atoms with Crippen molar-refractivity contribution in [3.8, 4) is 0 Å².